The molecule has 0 amide bonds. The van der Waals surface area contributed by atoms with E-state index in [0.717, 1.165) is 24.5 Å². The van der Waals surface area contributed by atoms with Crippen LogP contribution in [0.1, 0.15) is 38.7 Å². The molecule has 1 nitrogen and oxygen atoms in total. The third kappa shape index (κ3) is 4.23. The van der Waals surface area contributed by atoms with Crippen LogP contribution in [0.2, 0.25) is 0 Å². The molecule has 2 heteroatoms. The molecule has 1 unspecified atom stereocenters. The van der Waals surface area contributed by atoms with E-state index in [2.05, 4.69) is 32.0 Å². The van der Waals surface area contributed by atoms with Crippen LogP contribution in [0.15, 0.2) is 24.3 Å². The number of ether oxygens (including phenoxy) is 1. The highest BCUT2D eigenvalue weighted by Crippen LogP contribution is 2.37. The molecule has 1 aliphatic carbocycles. The molecule has 94 valence electrons. The molecule has 1 saturated carbocycles. The molecular weight excluding hydrogens is 232 g/mol. The minimum Gasteiger partial charge on any atom is -0.491 e. The van der Waals surface area contributed by atoms with Gasteiger partial charge < -0.3 is 4.74 Å². The first-order chi connectivity index (χ1) is 8.15. The molecule has 17 heavy (non-hydrogen) atoms. The lowest BCUT2D eigenvalue weighted by Gasteiger charge is -2.12. The summed E-state index contributed by atoms with van der Waals surface area (Å²) in [6, 6.07) is 8.37. The fourth-order valence-electron chi connectivity index (χ4n) is 2.04. The summed E-state index contributed by atoms with van der Waals surface area (Å²) in [6.45, 7) is 4.10. The summed E-state index contributed by atoms with van der Waals surface area (Å²) in [5.41, 5.74) is 1.33. The second-order valence-corrected chi connectivity index (χ2v) is 5.77. The third-order valence-corrected chi connectivity index (χ3v) is 3.69. The Labute approximate surface area is 109 Å². The standard InChI is InChI=1S/C15H21ClO/c1-11(2)17-14-5-3-4-12(10-14)6-9-15(16)13-7-8-13/h3-5,10-11,13,15H,6-9H2,1-2H3. The van der Waals surface area contributed by atoms with E-state index in [9.17, 15) is 0 Å². The average Bonchev–Trinajstić information content (AvgIpc) is 3.09. The van der Waals surface area contributed by atoms with Crippen molar-refractivity contribution in [3.05, 3.63) is 29.8 Å². The second-order valence-electron chi connectivity index (χ2n) is 5.21. The van der Waals surface area contributed by atoms with Gasteiger partial charge >= 0.3 is 0 Å². The van der Waals surface area contributed by atoms with Gasteiger partial charge in [-0.05, 0) is 63.1 Å². The lowest BCUT2D eigenvalue weighted by atomic mass is 10.1. The van der Waals surface area contributed by atoms with Crippen LogP contribution >= 0.6 is 11.6 Å². The van der Waals surface area contributed by atoms with E-state index in [-0.39, 0.29) is 6.10 Å². The number of aryl methyl sites for hydroxylation is 1. The zero-order valence-electron chi connectivity index (χ0n) is 10.7. The Hall–Kier alpha value is -0.690. The van der Waals surface area contributed by atoms with Crippen molar-refractivity contribution in [2.45, 2.75) is 51.0 Å². The van der Waals surface area contributed by atoms with Gasteiger partial charge in [-0.25, -0.2) is 0 Å². The van der Waals surface area contributed by atoms with Crippen molar-refractivity contribution in [1.82, 2.24) is 0 Å². The van der Waals surface area contributed by atoms with Crippen LogP contribution in [-0.4, -0.2) is 11.5 Å². The Balaban J connectivity index is 1.86. The summed E-state index contributed by atoms with van der Waals surface area (Å²) < 4.78 is 5.69. The summed E-state index contributed by atoms with van der Waals surface area (Å²) >= 11 is 6.32. The second kappa shape index (κ2) is 5.77. The van der Waals surface area contributed by atoms with Crippen LogP contribution in [0.3, 0.4) is 0 Å². The van der Waals surface area contributed by atoms with Crippen molar-refractivity contribution in [1.29, 1.82) is 0 Å². The van der Waals surface area contributed by atoms with E-state index in [4.69, 9.17) is 16.3 Å². The van der Waals surface area contributed by atoms with E-state index < -0.39 is 0 Å². The quantitative estimate of drug-likeness (QED) is 0.681. The molecular formula is C15H21ClO. The maximum absolute atomic E-state index is 6.32. The summed E-state index contributed by atoms with van der Waals surface area (Å²) in [7, 11) is 0. The van der Waals surface area contributed by atoms with Gasteiger partial charge in [0.15, 0.2) is 0 Å². The van der Waals surface area contributed by atoms with Crippen LogP contribution in [0.5, 0.6) is 5.75 Å². The summed E-state index contributed by atoms with van der Waals surface area (Å²) in [5, 5.41) is 0.365. The van der Waals surface area contributed by atoms with Gasteiger partial charge in [0.2, 0.25) is 0 Å². The van der Waals surface area contributed by atoms with Crippen LogP contribution in [-0.2, 0) is 6.42 Å². The largest absolute Gasteiger partial charge is 0.491 e. The van der Waals surface area contributed by atoms with Crippen LogP contribution in [0.25, 0.3) is 0 Å². The van der Waals surface area contributed by atoms with Gasteiger partial charge in [0.25, 0.3) is 0 Å². The van der Waals surface area contributed by atoms with Gasteiger partial charge in [-0.2, -0.15) is 0 Å². The Morgan fingerprint density at radius 1 is 1.35 bits per heavy atom. The van der Waals surface area contributed by atoms with E-state index >= 15 is 0 Å². The fraction of sp³-hybridized carbons (Fsp3) is 0.600. The van der Waals surface area contributed by atoms with Crippen molar-refractivity contribution in [2.75, 3.05) is 0 Å². The van der Waals surface area contributed by atoms with Gasteiger partial charge in [-0.15, -0.1) is 11.6 Å². The summed E-state index contributed by atoms with van der Waals surface area (Å²) in [4.78, 5) is 0. The van der Waals surface area contributed by atoms with Crippen molar-refractivity contribution in [2.24, 2.45) is 5.92 Å². The molecule has 1 atom stereocenters. The zero-order chi connectivity index (χ0) is 12.3. The maximum Gasteiger partial charge on any atom is 0.119 e. The molecule has 1 aromatic carbocycles. The van der Waals surface area contributed by atoms with E-state index in [1.165, 1.54) is 18.4 Å². The molecule has 0 N–H and O–H groups in total. The number of hydrogen-bond acceptors (Lipinski definition) is 1. The predicted octanol–water partition coefficient (Wildman–Crippen LogP) is 4.42. The molecule has 1 fully saturated rings. The lowest BCUT2D eigenvalue weighted by molar-refractivity contribution is 0.242. The molecule has 0 spiro atoms. The van der Waals surface area contributed by atoms with Gasteiger partial charge in [0.05, 0.1) is 6.10 Å². The van der Waals surface area contributed by atoms with Gasteiger partial charge in [-0.1, -0.05) is 12.1 Å². The minimum absolute atomic E-state index is 0.234. The molecule has 0 aromatic heterocycles. The predicted molar refractivity (Wildman–Crippen MR) is 72.9 cm³/mol. The normalized spacial score (nSPS) is 17.2. The SMILES string of the molecule is CC(C)Oc1cccc(CCC(Cl)C2CC2)c1. The maximum atomic E-state index is 6.32. The van der Waals surface area contributed by atoms with Crippen molar-refractivity contribution in [3.8, 4) is 5.75 Å². The highest BCUT2D eigenvalue weighted by atomic mass is 35.5. The van der Waals surface area contributed by atoms with Crippen LogP contribution < -0.4 is 4.74 Å². The van der Waals surface area contributed by atoms with E-state index in [1.807, 2.05) is 6.07 Å². The number of halogens is 1. The number of rotatable bonds is 6. The molecule has 1 aromatic rings. The molecule has 0 aliphatic heterocycles. The summed E-state index contributed by atoms with van der Waals surface area (Å²) in [6.07, 6.45) is 5.02. The van der Waals surface area contributed by atoms with Gasteiger partial charge in [-0.3, -0.25) is 0 Å². The highest BCUT2D eigenvalue weighted by Gasteiger charge is 2.29. The third-order valence-electron chi connectivity index (χ3n) is 3.11. The van der Waals surface area contributed by atoms with Crippen LogP contribution in [0, 0.1) is 5.92 Å². The van der Waals surface area contributed by atoms with Crippen molar-refractivity contribution < 1.29 is 4.74 Å². The first kappa shape index (κ1) is 12.8. The highest BCUT2D eigenvalue weighted by molar-refractivity contribution is 6.20. The minimum atomic E-state index is 0.234. The first-order valence-electron chi connectivity index (χ1n) is 6.55. The number of alkyl halides is 1. The van der Waals surface area contributed by atoms with Crippen molar-refractivity contribution in [3.63, 3.8) is 0 Å². The number of hydrogen-bond donors (Lipinski definition) is 0. The van der Waals surface area contributed by atoms with Gasteiger partial charge in [0, 0.05) is 5.38 Å². The molecule has 0 saturated heterocycles. The first-order valence-corrected chi connectivity index (χ1v) is 6.98. The Kier molecular flexibility index (Phi) is 4.33. The molecule has 1 aliphatic rings. The Morgan fingerprint density at radius 2 is 2.12 bits per heavy atom. The molecule has 0 radical (unpaired) electrons. The average molecular weight is 253 g/mol. The monoisotopic (exact) mass is 252 g/mol. The smallest absolute Gasteiger partial charge is 0.119 e. The fourth-order valence-corrected chi connectivity index (χ4v) is 2.41. The zero-order valence-corrected chi connectivity index (χ0v) is 11.4. The Morgan fingerprint density at radius 3 is 2.76 bits per heavy atom. The van der Waals surface area contributed by atoms with E-state index in [1.54, 1.807) is 0 Å². The summed E-state index contributed by atoms with van der Waals surface area (Å²) in [5.74, 6) is 1.75. The van der Waals surface area contributed by atoms with E-state index in [0.29, 0.717) is 5.38 Å². The topological polar surface area (TPSA) is 9.23 Å². The van der Waals surface area contributed by atoms with Crippen molar-refractivity contribution >= 4 is 11.6 Å². The van der Waals surface area contributed by atoms with Crippen LogP contribution in [0.4, 0.5) is 0 Å². The molecule has 0 heterocycles. The number of benzene rings is 1. The lowest BCUT2D eigenvalue weighted by Crippen LogP contribution is -2.06. The Bertz CT molecular complexity index is 358. The van der Waals surface area contributed by atoms with Gasteiger partial charge in [0.1, 0.15) is 5.75 Å². The molecule has 2 rings (SSSR count). The molecule has 0 bridgehead atoms.